The van der Waals surface area contributed by atoms with Crippen molar-refractivity contribution < 1.29 is 26.4 Å². The molecule has 0 fully saturated rings. The Balaban J connectivity index is 2.87. The number of sulfone groups is 1. The Kier molecular flexibility index (Phi) is 5.20. The molecule has 1 rings (SSSR count). The zero-order valence-corrected chi connectivity index (χ0v) is 12.7. The van der Waals surface area contributed by atoms with Crippen molar-refractivity contribution in [3.63, 3.8) is 0 Å². The highest BCUT2D eigenvalue weighted by Gasteiger charge is 2.31. The fourth-order valence-corrected chi connectivity index (χ4v) is 2.22. The number of nitrogens with one attached hydrogen (secondary N) is 1. The molecular formula is C11H11BrF3NO3S. The summed E-state index contributed by atoms with van der Waals surface area (Å²) in [5.41, 5.74) is -1.15. The van der Waals surface area contributed by atoms with Crippen molar-refractivity contribution in [3.8, 4) is 0 Å². The molecule has 1 N–H and O–H groups in total. The molecule has 20 heavy (non-hydrogen) atoms. The first-order valence-electron chi connectivity index (χ1n) is 5.33. The van der Waals surface area contributed by atoms with Gasteiger partial charge in [-0.2, -0.15) is 13.2 Å². The second kappa shape index (κ2) is 6.13. The Labute approximate surface area is 122 Å². The molecule has 1 aromatic rings. The summed E-state index contributed by atoms with van der Waals surface area (Å²) in [6.07, 6.45) is -3.55. The van der Waals surface area contributed by atoms with Crippen LogP contribution in [0.3, 0.4) is 0 Å². The fourth-order valence-electron chi connectivity index (χ4n) is 1.32. The van der Waals surface area contributed by atoms with Gasteiger partial charge in [-0.1, -0.05) is 0 Å². The summed E-state index contributed by atoms with van der Waals surface area (Å²) in [7, 11) is -3.25. The van der Waals surface area contributed by atoms with Crippen LogP contribution in [0.1, 0.15) is 15.9 Å². The number of halogens is 4. The van der Waals surface area contributed by atoms with Gasteiger partial charge >= 0.3 is 6.18 Å². The normalized spacial score (nSPS) is 12.2. The number of hydrogen-bond donors (Lipinski definition) is 1. The Hall–Kier alpha value is -1.09. The Morgan fingerprint density at radius 2 is 1.95 bits per heavy atom. The lowest BCUT2D eigenvalue weighted by Gasteiger charge is -2.10. The SMILES string of the molecule is CS(=O)(=O)CCNC(=O)c1cc(C(F)(F)F)ccc1Br. The van der Waals surface area contributed by atoms with Crippen LogP contribution < -0.4 is 5.32 Å². The van der Waals surface area contributed by atoms with Gasteiger partial charge in [-0.15, -0.1) is 0 Å². The molecule has 0 bridgehead atoms. The number of amides is 1. The standard InChI is InChI=1S/C11H11BrF3NO3S/c1-20(18,19)5-4-16-10(17)8-6-7(11(13,14)15)2-3-9(8)12/h2-3,6H,4-5H2,1H3,(H,16,17). The summed E-state index contributed by atoms with van der Waals surface area (Å²) in [6, 6.07) is 2.67. The molecule has 0 aliphatic heterocycles. The maximum Gasteiger partial charge on any atom is 0.416 e. The number of alkyl halides is 3. The van der Waals surface area contributed by atoms with E-state index in [-0.39, 0.29) is 22.3 Å². The Morgan fingerprint density at radius 3 is 2.45 bits per heavy atom. The summed E-state index contributed by atoms with van der Waals surface area (Å²) in [4.78, 5) is 11.7. The monoisotopic (exact) mass is 373 g/mol. The Morgan fingerprint density at radius 1 is 1.35 bits per heavy atom. The van der Waals surface area contributed by atoms with Gasteiger partial charge in [-0.25, -0.2) is 8.42 Å². The molecule has 1 amide bonds. The average Bonchev–Trinajstić information content (AvgIpc) is 2.25. The molecule has 4 nitrogen and oxygen atoms in total. The van der Waals surface area contributed by atoms with E-state index in [0.717, 1.165) is 18.4 Å². The van der Waals surface area contributed by atoms with Crippen LogP contribution in [0.5, 0.6) is 0 Å². The van der Waals surface area contributed by atoms with Crippen LogP contribution in [0, 0.1) is 0 Å². The minimum Gasteiger partial charge on any atom is -0.351 e. The summed E-state index contributed by atoms with van der Waals surface area (Å²) in [5, 5.41) is 2.26. The van der Waals surface area contributed by atoms with Crippen LogP contribution in [0.15, 0.2) is 22.7 Å². The molecule has 0 spiro atoms. The van der Waals surface area contributed by atoms with Gasteiger partial charge in [0.1, 0.15) is 9.84 Å². The van der Waals surface area contributed by atoms with E-state index in [1.807, 2.05) is 0 Å². The van der Waals surface area contributed by atoms with Crippen LogP contribution in [0.2, 0.25) is 0 Å². The first kappa shape index (κ1) is 17.0. The van der Waals surface area contributed by atoms with Crippen LogP contribution >= 0.6 is 15.9 Å². The van der Waals surface area contributed by atoms with Crippen molar-refractivity contribution in [3.05, 3.63) is 33.8 Å². The van der Waals surface area contributed by atoms with E-state index in [1.54, 1.807) is 0 Å². The van der Waals surface area contributed by atoms with Crippen molar-refractivity contribution in [2.45, 2.75) is 6.18 Å². The molecule has 112 valence electrons. The summed E-state index contributed by atoms with van der Waals surface area (Å²) in [6.45, 7) is -0.166. The van der Waals surface area contributed by atoms with Gasteiger partial charge in [0.15, 0.2) is 0 Å². The third kappa shape index (κ3) is 5.12. The fraction of sp³-hybridized carbons (Fsp3) is 0.364. The van der Waals surface area contributed by atoms with E-state index in [9.17, 15) is 26.4 Å². The predicted molar refractivity (Wildman–Crippen MR) is 71.2 cm³/mol. The topological polar surface area (TPSA) is 63.2 Å². The van der Waals surface area contributed by atoms with Crippen LogP contribution in [-0.4, -0.2) is 32.9 Å². The Bertz CT molecular complexity index is 614. The molecule has 0 heterocycles. The summed E-state index contributed by atoms with van der Waals surface area (Å²) >= 11 is 2.98. The van der Waals surface area contributed by atoms with E-state index >= 15 is 0 Å². The first-order chi connectivity index (χ1) is 9.00. The lowest BCUT2D eigenvalue weighted by atomic mass is 10.1. The molecule has 9 heteroatoms. The molecule has 0 unspecified atom stereocenters. The van der Waals surface area contributed by atoms with Crippen molar-refractivity contribution in [2.75, 3.05) is 18.6 Å². The highest BCUT2D eigenvalue weighted by atomic mass is 79.9. The molecule has 0 saturated carbocycles. The summed E-state index contributed by atoms with van der Waals surface area (Å²) < 4.78 is 59.6. The molecular weight excluding hydrogens is 363 g/mol. The molecule has 0 atom stereocenters. The van der Waals surface area contributed by atoms with Crippen LogP contribution in [-0.2, 0) is 16.0 Å². The van der Waals surface area contributed by atoms with Crippen molar-refractivity contribution >= 4 is 31.7 Å². The minimum atomic E-state index is -4.55. The highest BCUT2D eigenvalue weighted by Crippen LogP contribution is 2.31. The lowest BCUT2D eigenvalue weighted by Crippen LogP contribution is -2.29. The number of carbonyl (C=O) groups excluding carboxylic acids is 1. The van der Waals surface area contributed by atoms with Gasteiger partial charge < -0.3 is 5.32 Å². The van der Waals surface area contributed by atoms with Crippen LogP contribution in [0.4, 0.5) is 13.2 Å². The molecule has 0 saturated heterocycles. The van der Waals surface area contributed by atoms with Gasteiger partial charge in [0.05, 0.1) is 16.9 Å². The van der Waals surface area contributed by atoms with E-state index in [4.69, 9.17) is 0 Å². The molecule has 0 radical (unpaired) electrons. The predicted octanol–water partition coefficient (Wildman–Crippen LogP) is 2.24. The van der Waals surface area contributed by atoms with Crippen molar-refractivity contribution in [1.29, 1.82) is 0 Å². The van der Waals surface area contributed by atoms with Gasteiger partial charge in [-0.3, -0.25) is 4.79 Å². The number of benzene rings is 1. The smallest absolute Gasteiger partial charge is 0.351 e. The first-order valence-corrected chi connectivity index (χ1v) is 8.19. The number of rotatable bonds is 4. The van der Waals surface area contributed by atoms with E-state index in [1.165, 1.54) is 0 Å². The van der Waals surface area contributed by atoms with Gasteiger partial charge in [0.25, 0.3) is 5.91 Å². The largest absolute Gasteiger partial charge is 0.416 e. The van der Waals surface area contributed by atoms with Gasteiger partial charge in [-0.05, 0) is 34.1 Å². The van der Waals surface area contributed by atoms with Crippen molar-refractivity contribution in [2.24, 2.45) is 0 Å². The third-order valence-electron chi connectivity index (χ3n) is 2.30. The zero-order valence-electron chi connectivity index (χ0n) is 10.3. The van der Waals surface area contributed by atoms with Crippen LogP contribution in [0.25, 0.3) is 0 Å². The van der Waals surface area contributed by atoms with E-state index in [0.29, 0.717) is 6.07 Å². The maximum absolute atomic E-state index is 12.5. The maximum atomic E-state index is 12.5. The zero-order chi connectivity index (χ0) is 15.6. The minimum absolute atomic E-state index is 0.166. The number of hydrogen-bond acceptors (Lipinski definition) is 3. The highest BCUT2D eigenvalue weighted by molar-refractivity contribution is 9.10. The average molecular weight is 374 g/mol. The lowest BCUT2D eigenvalue weighted by molar-refractivity contribution is -0.137. The van der Waals surface area contributed by atoms with E-state index < -0.39 is 27.5 Å². The quantitative estimate of drug-likeness (QED) is 0.880. The third-order valence-corrected chi connectivity index (χ3v) is 3.93. The molecule has 0 aromatic heterocycles. The second-order valence-electron chi connectivity index (χ2n) is 4.08. The van der Waals surface area contributed by atoms with Gasteiger partial charge in [0, 0.05) is 17.3 Å². The second-order valence-corrected chi connectivity index (χ2v) is 7.19. The molecule has 0 aliphatic rings. The molecule has 0 aliphatic carbocycles. The summed E-state index contributed by atoms with van der Waals surface area (Å²) in [5.74, 6) is -1.05. The number of carbonyl (C=O) groups is 1. The van der Waals surface area contributed by atoms with Crippen molar-refractivity contribution in [1.82, 2.24) is 5.32 Å². The van der Waals surface area contributed by atoms with Gasteiger partial charge in [0.2, 0.25) is 0 Å². The van der Waals surface area contributed by atoms with E-state index in [2.05, 4.69) is 21.2 Å². The molecule has 1 aromatic carbocycles.